The number of anilines is 1. The third-order valence-electron chi connectivity index (χ3n) is 3.20. The predicted octanol–water partition coefficient (Wildman–Crippen LogP) is 1.24. The van der Waals surface area contributed by atoms with Crippen LogP contribution in [0.1, 0.15) is 13.3 Å². The Morgan fingerprint density at radius 3 is 2.38 bits per heavy atom. The highest BCUT2D eigenvalue weighted by Gasteiger charge is 2.25. The number of rotatable bonds is 8. The smallest absolute Gasteiger partial charge is 0.245 e. The molecule has 0 radical (unpaired) electrons. The highest BCUT2D eigenvalue weighted by Crippen LogP contribution is 2.26. The predicted molar refractivity (Wildman–Crippen MR) is 85.0 cm³/mol. The van der Waals surface area contributed by atoms with Crippen molar-refractivity contribution >= 4 is 15.7 Å². The van der Waals surface area contributed by atoms with E-state index in [0.29, 0.717) is 18.8 Å². The molecule has 21 heavy (non-hydrogen) atoms. The van der Waals surface area contributed by atoms with Crippen molar-refractivity contribution in [3.63, 3.8) is 0 Å². The van der Waals surface area contributed by atoms with Crippen LogP contribution >= 0.6 is 0 Å². The summed E-state index contributed by atoms with van der Waals surface area (Å²) in [5.74, 6) is 0.544. The maximum absolute atomic E-state index is 12.7. The number of hydrogen-bond donors (Lipinski definition) is 1. The van der Waals surface area contributed by atoms with E-state index in [9.17, 15) is 8.42 Å². The van der Waals surface area contributed by atoms with Gasteiger partial charge in [-0.3, -0.25) is 0 Å². The molecule has 0 bridgehead atoms. The van der Waals surface area contributed by atoms with Crippen molar-refractivity contribution in [2.45, 2.75) is 18.2 Å². The minimum atomic E-state index is -3.57. The van der Waals surface area contributed by atoms with E-state index >= 15 is 0 Å². The lowest BCUT2D eigenvalue weighted by atomic mass is 10.3. The van der Waals surface area contributed by atoms with Gasteiger partial charge in [0.1, 0.15) is 10.6 Å². The summed E-state index contributed by atoms with van der Waals surface area (Å²) < 4.78 is 31.8. The summed E-state index contributed by atoms with van der Waals surface area (Å²) in [6.07, 6.45) is 0.774. The number of methoxy groups -OCH3 is 1. The number of nitrogens with two attached hydrogens (primary N) is 1. The molecule has 1 rings (SSSR count). The third-order valence-corrected chi connectivity index (χ3v) is 5.25. The van der Waals surface area contributed by atoms with Gasteiger partial charge in [-0.1, -0.05) is 6.92 Å². The molecular formula is C14H25N3O3S. The zero-order valence-corrected chi connectivity index (χ0v) is 14.0. The average molecular weight is 315 g/mol. The molecule has 120 valence electrons. The Bertz CT molecular complexity index is 559. The molecule has 1 aromatic carbocycles. The number of nitrogens with zero attached hydrogens (tertiary/aromatic N) is 2. The summed E-state index contributed by atoms with van der Waals surface area (Å²) in [7, 11) is 1.88. The SMILES string of the molecule is CCN(CCCN(C)C)S(=O)(=O)c1ccc(OC)cc1N. The standard InChI is InChI=1S/C14H25N3O3S/c1-5-17(10-6-9-16(2)3)21(18,19)14-8-7-12(20-4)11-13(14)15/h7-8,11H,5-6,9-10,15H2,1-4H3. The highest BCUT2D eigenvalue weighted by atomic mass is 32.2. The van der Waals surface area contributed by atoms with Gasteiger partial charge in [-0.2, -0.15) is 4.31 Å². The van der Waals surface area contributed by atoms with Crippen molar-refractivity contribution in [2.75, 3.05) is 46.6 Å². The molecule has 0 saturated heterocycles. The van der Waals surface area contributed by atoms with Crippen LogP contribution in [0.5, 0.6) is 5.75 Å². The van der Waals surface area contributed by atoms with Gasteiger partial charge in [0.2, 0.25) is 10.0 Å². The van der Waals surface area contributed by atoms with Crippen molar-refractivity contribution in [1.82, 2.24) is 9.21 Å². The largest absolute Gasteiger partial charge is 0.497 e. The molecule has 0 saturated carbocycles. The quantitative estimate of drug-likeness (QED) is 0.731. The van der Waals surface area contributed by atoms with Crippen molar-refractivity contribution in [2.24, 2.45) is 0 Å². The Balaban J connectivity index is 2.96. The van der Waals surface area contributed by atoms with Crippen molar-refractivity contribution in [1.29, 1.82) is 0 Å². The zero-order valence-electron chi connectivity index (χ0n) is 13.2. The molecule has 0 aliphatic heterocycles. The van der Waals surface area contributed by atoms with Crippen molar-refractivity contribution < 1.29 is 13.2 Å². The number of hydrogen-bond acceptors (Lipinski definition) is 5. The molecule has 0 unspecified atom stereocenters. The fraction of sp³-hybridized carbons (Fsp3) is 0.571. The van der Waals surface area contributed by atoms with Crippen LogP contribution in [-0.2, 0) is 10.0 Å². The number of ether oxygens (including phenoxy) is 1. The fourth-order valence-electron chi connectivity index (χ4n) is 2.04. The molecule has 0 atom stereocenters. The second kappa shape index (κ2) is 7.63. The van der Waals surface area contributed by atoms with E-state index < -0.39 is 10.0 Å². The van der Waals surface area contributed by atoms with E-state index in [2.05, 4.69) is 0 Å². The molecule has 6 nitrogen and oxygen atoms in total. The van der Waals surface area contributed by atoms with Gasteiger partial charge in [-0.05, 0) is 39.2 Å². The second-order valence-corrected chi connectivity index (χ2v) is 6.96. The van der Waals surface area contributed by atoms with Crippen molar-refractivity contribution in [3.8, 4) is 5.75 Å². The van der Waals surface area contributed by atoms with Gasteiger partial charge >= 0.3 is 0 Å². The van der Waals surface area contributed by atoms with Crippen molar-refractivity contribution in [3.05, 3.63) is 18.2 Å². The molecule has 0 amide bonds. The molecule has 0 spiro atoms. The normalized spacial score (nSPS) is 12.1. The Kier molecular flexibility index (Phi) is 6.44. The van der Waals surface area contributed by atoms with E-state index in [4.69, 9.17) is 10.5 Å². The summed E-state index contributed by atoms with van der Waals surface area (Å²) in [4.78, 5) is 2.16. The zero-order chi connectivity index (χ0) is 16.0. The van der Waals surface area contributed by atoms with E-state index in [-0.39, 0.29) is 10.6 Å². The first-order chi connectivity index (χ1) is 9.82. The minimum Gasteiger partial charge on any atom is -0.497 e. The van der Waals surface area contributed by atoms with E-state index in [0.717, 1.165) is 13.0 Å². The summed E-state index contributed by atoms with van der Waals surface area (Å²) >= 11 is 0. The molecular weight excluding hydrogens is 290 g/mol. The Morgan fingerprint density at radius 2 is 1.90 bits per heavy atom. The molecule has 7 heteroatoms. The van der Waals surface area contributed by atoms with E-state index in [1.807, 2.05) is 25.9 Å². The average Bonchev–Trinajstić information content (AvgIpc) is 2.42. The van der Waals surface area contributed by atoms with Crippen LogP contribution in [0.4, 0.5) is 5.69 Å². The maximum atomic E-state index is 12.7. The lowest BCUT2D eigenvalue weighted by Crippen LogP contribution is -2.33. The monoisotopic (exact) mass is 315 g/mol. The first-order valence-corrected chi connectivity index (χ1v) is 8.35. The van der Waals surface area contributed by atoms with Gasteiger partial charge < -0.3 is 15.4 Å². The first kappa shape index (κ1) is 17.7. The first-order valence-electron chi connectivity index (χ1n) is 6.91. The highest BCUT2D eigenvalue weighted by molar-refractivity contribution is 7.89. The Morgan fingerprint density at radius 1 is 1.24 bits per heavy atom. The minimum absolute atomic E-state index is 0.134. The van der Waals surface area contributed by atoms with Gasteiger partial charge in [0.15, 0.2) is 0 Å². The van der Waals surface area contributed by atoms with Crippen LogP contribution in [0.25, 0.3) is 0 Å². The topological polar surface area (TPSA) is 75.9 Å². The molecule has 0 heterocycles. The van der Waals surface area contributed by atoms with Crippen LogP contribution in [0, 0.1) is 0 Å². The van der Waals surface area contributed by atoms with Crippen LogP contribution in [-0.4, -0.2) is 58.5 Å². The molecule has 1 aromatic rings. The number of sulfonamides is 1. The lowest BCUT2D eigenvalue weighted by molar-refractivity contribution is 0.356. The van der Waals surface area contributed by atoms with Crippen LogP contribution < -0.4 is 10.5 Å². The summed E-state index contributed by atoms with van der Waals surface area (Å²) in [6.45, 7) is 3.56. The molecule has 0 aliphatic carbocycles. The van der Waals surface area contributed by atoms with Gasteiger partial charge in [0.25, 0.3) is 0 Å². The van der Waals surface area contributed by atoms with E-state index in [1.165, 1.54) is 23.5 Å². The Labute approximate surface area is 127 Å². The lowest BCUT2D eigenvalue weighted by Gasteiger charge is -2.22. The Hall–Kier alpha value is -1.31. The van der Waals surface area contributed by atoms with Gasteiger partial charge in [-0.25, -0.2) is 8.42 Å². The van der Waals surface area contributed by atoms with Gasteiger partial charge in [0, 0.05) is 19.2 Å². The number of nitrogen functional groups attached to an aromatic ring is 1. The second-order valence-electron chi connectivity index (χ2n) is 5.06. The molecule has 2 N–H and O–H groups in total. The molecule has 0 aromatic heterocycles. The van der Waals surface area contributed by atoms with Gasteiger partial charge in [-0.15, -0.1) is 0 Å². The summed E-state index contributed by atoms with van der Waals surface area (Å²) in [6, 6.07) is 4.63. The third kappa shape index (κ3) is 4.59. The van der Waals surface area contributed by atoms with Crippen LogP contribution in [0.2, 0.25) is 0 Å². The van der Waals surface area contributed by atoms with Crippen LogP contribution in [0.3, 0.4) is 0 Å². The van der Waals surface area contributed by atoms with Gasteiger partial charge in [0.05, 0.1) is 12.8 Å². The molecule has 0 aliphatic rings. The fourth-order valence-corrected chi connectivity index (χ4v) is 3.62. The number of benzene rings is 1. The van der Waals surface area contributed by atoms with Crippen LogP contribution in [0.15, 0.2) is 23.1 Å². The molecule has 0 fully saturated rings. The maximum Gasteiger partial charge on any atom is 0.245 e. The summed E-state index contributed by atoms with van der Waals surface area (Å²) in [5, 5.41) is 0. The summed E-state index contributed by atoms with van der Waals surface area (Å²) in [5.41, 5.74) is 6.07. The van der Waals surface area contributed by atoms with E-state index in [1.54, 1.807) is 6.07 Å².